The number of carbonyl (C=O) groups excluding carboxylic acids is 1. The molecule has 0 aliphatic rings. The van der Waals surface area contributed by atoms with Crippen LogP contribution in [0, 0.1) is 6.92 Å². The minimum Gasteiger partial charge on any atom is -0.478 e. The van der Waals surface area contributed by atoms with Gasteiger partial charge in [-0.1, -0.05) is 0 Å². The van der Waals surface area contributed by atoms with Crippen molar-refractivity contribution in [3.8, 4) is 0 Å². The maximum atomic E-state index is 11.9. The summed E-state index contributed by atoms with van der Waals surface area (Å²) in [4.78, 5) is 23.5. The lowest BCUT2D eigenvalue weighted by atomic mass is 10.2. The van der Waals surface area contributed by atoms with Crippen molar-refractivity contribution in [2.24, 2.45) is 0 Å². The van der Waals surface area contributed by atoms with E-state index in [1.807, 2.05) is 0 Å². The predicted molar refractivity (Wildman–Crippen MR) is 80.9 cm³/mol. The van der Waals surface area contributed by atoms with Crippen LogP contribution in [0.25, 0.3) is 6.08 Å². The Morgan fingerprint density at radius 3 is 2.62 bits per heavy atom. The summed E-state index contributed by atoms with van der Waals surface area (Å²) in [5, 5.41) is 11.2. The quantitative estimate of drug-likeness (QED) is 0.495. The average molecular weight is 332 g/mol. The van der Waals surface area contributed by atoms with Crippen LogP contribution in [0.2, 0.25) is 0 Å². The summed E-state index contributed by atoms with van der Waals surface area (Å²) in [6, 6.07) is 1.66. The molecule has 1 rings (SSSR count). The van der Waals surface area contributed by atoms with Gasteiger partial charge in [-0.05, 0) is 24.6 Å². The van der Waals surface area contributed by atoms with Crippen LogP contribution >= 0.6 is 11.3 Å². The molecule has 0 atom stereocenters. The van der Waals surface area contributed by atoms with Gasteiger partial charge in [0.1, 0.15) is 0 Å². The monoisotopic (exact) mass is 332 g/mol. The number of hydrogen-bond acceptors (Lipinski definition) is 5. The van der Waals surface area contributed by atoms with Crippen molar-refractivity contribution in [1.82, 2.24) is 10.0 Å². The smallest absolute Gasteiger partial charge is 0.328 e. The number of carbonyl (C=O) groups is 2. The zero-order valence-corrected chi connectivity index (χ0v) is 13.2. The van der Waals surface area contributed by atoms with Gasteiger partial charge in [0.15, 0.2) is 0 Å². The number of amides is 1. The van der Waals surface area contributed by atoms with Gasteiger partial charge in [0.2, 0.25) is 10.0 Å². The molecule has 0 saturated carbocycles. The number of sulfonamides is 1. The molecule has 1 aromatic heterocycles. The van der Waals surface area contributed by atoms with Crippen LogP contribution in [0.15, 0.2) is 12.1 Å². The summed E-state index contributed by atoms with van der Waals surface area (Å²) in [7, 11) is -3.27. The summed E-state index contributed by atoms with van der Waals surface area (Å²) < 4.78 is 23.9. The highest BCUT2D eigenvalue weighted by atomic mass is 32.2. The molecule has 1 heterocycles. The number of hydrogen-bond donors (Lipinski definition) is 3. The summed E-state index contributed by atoms with van der Waals surface area (Å²) in [6.45, 7) is 2.06. The molecule has 1 amide bonds. The third-order valence-electron chi connectivity index (χ3n) is 2.33. The highest BCUT2D eigenvalue weighted by Crippen LogP contribution is 2.23. The van der Waals surface area contributed by atoms with Crippen molar-refractivity contribution in [3.05, 3.63) is 27.5 Å². The van der Waals surface area contributed by atoms with Gasteiger partial charge in [0, 0.05) is 24.0 Å². The van der Waals surface area contributed by atoms with Crippen molar-refractivity contribution in [3.63, 3.8) is 0 Å². The molecular formula is C12H16N2O5S2. The van der Waals surface area contributed by atoms with E-state index in [1.165, 1.54) is 17.4 Å². The number of rotatable bonds is 7. The molecule has 7 nitrogen and oxygen atoms in total. The zero-order valence-electron chi connectivity index (χ0n) is 11.5. The fraction of sp³-hybridized carbons (Fsp3) is 0.333. The molecule has 21 heavy (non-hydrogen) atoms. The van der Waals surface area contributed by atoms with Gasteiger partial charge in [0.25, 0.3) is 5.91 Å². The molecule has 0 aliphatic carbocycles. The standard InChI is InChI=1S/C12H16N2O5S2/c1-8-7-10(20-9(8)3-4-11(15)16)12(17)13-5-6-14-21(2,18)19/h3-4,7,14H,5-6H2,1-2H3,(H,13,17)(H,15,16)/b4-3+. The van der Waals surface area contributed by atoms with E-state index < -0.39 is 16.0 Å². The van der Waals surface area contributed by atoms with E-state index >= 15 is 0 Å². The molecule has 0 saturated heterocycles. The number of thiophene rings is 1. The molecule has 0 unspecified atom stereocenters. The van der Waals surface area contributed by atoms with Crippen molar-refractivity contribution in [1.29, 1.82) is 0 Å². The molecule has 0 radical (unpaired) electrons. The molecule has 0 aliphatic heterocycles. The fourth-order valence-corrected chi connectivity index (χ4v) is 2.89. The Kier molecular flexibility index (Phi) is 6.06. The number of aryl methyl sites for hydroxylation is 1. The van der Waals surface area contributed by atoms with E-state index in [0.717, 1.165) is 17.9 Å². The van der Waals surface area contributed by atoms with Crippen LogP contribution < -0.4 is 10.0 Å². The van der Waals surface area contributed by atoms with Gasteiger partial charge in [0.05, 0.1) is 11.1 Å². The average Bonchev–Trinajstić information content (AvgIpc) is 2.72. The van der Waals surface area contributed by atoms with Gasteiger partial charge >= 0.3 is 5.97 Å². The molecular weight excluding hydrogens is 316 g/mol. The third kappa shape index (κ3) is 6.52. The van der Waals surface area contributed by atoms with Crippen LogP contribution in [0.1, 0.15) is 20.1 Å². The Balaban J connectivity index is 2.59. The van der Waals surface area contributed by atoms with Crippen molar-refractivity contribution in [2.45, 2.75) is 6.92 Å². The molecule has 0 spiro atoms. The Labute approximate surface area is 126 Å². The van der Waals surface area contributed by atoms with Gasteiger partial charge in [-0.3, -0.25) is 4.79 Å². The summed E-state index contributed by atoms with van der Waals surface area (Å²) >= 11 is 1.17. The maximum Gasteiger partial charge on any atom is 0.328 e. The normalized spacial score (nSPS) is 11.7. The molecule has 0 fully saturated rings. The fourth-order valence-electron chi connectivity index (χ4n) is 1.42. The minimum absolute atomic E-state index is 0.112. The first-order valence-corrected chi connectivity index (χ1v) is 8.64. The van der Waals surface area contributed by atoms with E-state index in [-0.39, 0.29) is 19.0 Å². The van der Waals surface area contributed by atoms with E-state index in [2.05, 4.69) is 10.0 Å². The second-order valence-corrected chi connectivity index (χ2v) is 7.17. The minimum atomic E-state index is -3.27. The van der Waals surface area contributed by atoms with Crippen LogP contribution in [-0.4, -0.2) is 44.7 Å². The van der Waals surface area contributed by atoms with Gasteiger partial charge < -0.3 is 10.4 Å². The molecule has 9 heteroatoms. The highest BCUT2D eigenvalue weighted by Gasteiger charge is 2.11. The molecule has 116 valence electrons. The van der Waals surface area contributed by atoms with Crippen molar-refractivity contribution < 1.29 is 23.1 Å². The molecule has 1 aromatic rings. The topological polar surface area (TPSA) is 113 Å². The molecule has 3 N–H and O–H groups in total. The van der Waals surface area contributed by atoms with Gasteiger partial charge in [-0.2, -0.15) is 0 Å². The van der Waals surface area contributed by atoms with Crippen LogP contribution in [0.5, 0.6) is 0 Å². The third-order valence-corrected chi connectivity index (χ3v) is 4.26. The lowest BCUT2D eigenvalue weighted by Gasteiger charge is -2.03. The maximum absolute atomic E-state index is 11.9. The molecule has 0 aromatic carbocycles. The highest BCUT2D eigenvalue weighted by molar-refractivity contribution is 7.88. The van der Waals surface area contributed by atoms with Gasteiger partial charge in [-0.15, -0.1) is 11.3 Å². The largest absolute Gasteiger partial charge is 0.478 e. The first kappa shape index (κ1) is 17.3. The van der Waals surface area contributed by atoms with Crippen LogP contribution in [0.3, 0.4) is 0 Å². The van der Waals surface area contributed by atoms with Gasteiger partial charge in [-0.25, -0.2) is 17.9 Å². The second-order valence-electron chi connectivity index (χ2n) is 4.25. The Hall–Kier alpha value is -1.71. The number of carboxylic acid groups (broad SMARTS) is 1. The van der Waals surface area contributed by atoms with Crippen LogP contribution in [0.4, 0.5) is 0 Å². The van der Waals surface area contributed by atoms with Crippen molar-refractivity contribution >= 4 is 39.3 Å². The second kappa shape index (κ2) is 7.34. The lowest BCUT2D eigenvalue weighted by molar-refractivity contribution is -0.131. The summed E-state index contributed by atoms with van der Waals surface area (Å²) in [5.41, 5.74) is 0.803. The Bertz CT molecular complexity index is 661. The number of carboxylic acids is 1. The number of aliphatic carboxylic acids is 1. The van der Waals surface area contributed by atoms with E-state index in [9.17, 15) is 18.0 Å². The van der Waals surface area contributed by atoms with Crippen LogP contribution in [-0.2, 0) is 14.8 Å². The first-order valence-electron chi connectivity index (χ1n) is 5.93. The predicted octanol–water partition coefficient (Wildman–Crippen LogP) is 0.433. The summed E-state index contributed by atoms with van der Waals surface area (Å²) in [5.74, 6) is -1.38. The lowest BCUT2D eigenvalue weighted by Crippen LogP contribution is -2.33. The van der Waals surface area contributed by atoms with E-state index in [1.54, 1.807) is 13.0 Å². The van der Waals surface area contributed by atoms with Crippen molar-refractivity contribution in [2.75, 3.05) is 19.3 Å². The summed E-state index contributed by atoms with van der Waals surface area (Å²) in [6.07, 6.45) is 3.49. The Morgan fingerprint density at radius 2 is 2.05 bits per heavy atom. The zero-order chi connectivity index (χ0) is 16.0. The van der Waals surface area contributed by atoms with E-state index in [4.69, 9.17) is 5.11 Å². The first-order chi connectivity index (χ1) is 9.69. The molecule has 0 bridgehead atoms. The Morgan fingerprint density at radius 1 is 1.38 bits per heavy atom. The van der Waals surface area contributed by atoms with E-state index in [0.29, 0.717) is 9.75 Å². The SMILES string of the molecule is Cc1cc(C(=O)NCCNS(C)(=O)=O)sc1/C=C/C(=O)O. The number of nitrogens with one attached hydrogen (secondary N) is 2.